The van der Waals surface area contributed by atoms with Crippen molar-refractivity contribution in [1.82, 2.24) is 19.9 Å². The Morgan fingerprint density at radius 3 is 2.29 bits per heavy atom. The monoisotopic (exact) mass is 309 g/mol. The maximum absolute atomic E-state index is 12.8. The van der Waals surface area contributed by atoms with Crippen molar-refractivity contribution in [3.05, 3.63) is 35.6 Å². The highest BCUT2D eigenvalue weighted by atomic mass is 35.5. The minimum absolute atomic E-state index is 0.0443. The second-order valence-electron chi connectivity index (χ2n) is 4.69. The zero-order valence-corrected chi connectivity index (χ0v) is 11.9. The molecule has 0 bridgehead atoms. The molecule has 2 aromatic rings. The van der Waals surface area contributed by atoms with Crippen molar-refractivity contribution < 1.29 is 9.13 Å². The van der Waals surface area contributed by atoms with Crippen LogP contribution < -0.4 is 9.64 Å². The van der Waals surface area contributed by atoms with Crippen LogP contribution in [-0.2, 0) is 0 Å². The van der Waals surface area contributed by atoms with E-state index in [0.29, 0.717) is 17.0 Å². The summed E-state index contributed by atoms with van der Waals surface area (Å²) < 4.78 is 18.5. The van der Waals surface area contributed by atoms with E-state index in [9.17, 15) is 4.39 Å². The lowest BCUT2D eigenvalue weighted by molar-refractivity contribution is 0.156. The van der Waals surface area contributed by atoms with Crippen molar-refractivity contribution in [1.29, 1.82) is 0 Å². The predicted octanol–water partition coefficient (Wildman–Crippen LogP) is 2.11. The first-order chi connectivity index (χ1) is 10.2. The number of hydrogen-bond donors (Lipinski definition) is 0. The Morgan fingerprint density at radius 2 is 1.67 bits per heavy atom. The number of nitrogens with zero attached hydrogens (tertiary/aromatic N) is 5. The van der Waals surface area contributed by atoms with Gasteiger partial charge in [-0.2, -0.15) is 0 Å². The van der Waals surface area contributed by atoms with E-state index in [1.807, 2.05) is 4.90 Å². The summed E-state index contributed by atoms with van der Waals surface area (Å²) >= 11 is 5.72. The van der Waals surface area contributed by atoms with Gasteiger partial charge in [0.1, 0.15) is 6.10 Å². The normalized spacial score (nSPS) is 16.0. The van der Waals surface area contributed by atoms with Crippen LogP contribution >= 0.6 is 11.6 Å². The van der Waals surface area contributed by atoms with Gasteiger partial charge < -0.3 is 9.64 Å². The van der Waals surface area contributed by atoms with Gasteiger partial charge in [0.05, 0.1) is 29.8 Å². The average Bonchev–Trinajstić information content (AvgIpc) is 2.51. The van der Waals surface area contributed by atoms with Crippen molar-refractivity contribution in [3.63, 3.8) is 0 Å². The summed E-state index contributed by atoms with van der Waals surface area (Å²) in [4.78, 5) is 18.0. The smallest absolute Gasteiger partial charge is 0.316 e. The fourth-order valence-electron chi connectivity index (χ4n) is 2.15. The van der Waals surface area contributed by atoms with Crippen LogP contribution in [0.25, 0.3) is 0 Å². The molecule has 0 amide bonds. The van der Waals surface area contributed by atoms with Crippen LogP contribution in [0.5, 0.6) is 6.01 Å². The molecule has 1 aliphatic rings. The standard InChI is InChI=1S/C13H13ClFN5O/c14-9-5-18-13(19-6-9)21-11-1-3-20(4-2-11)12-16-7-10(15)8-17-12/h5-8,11H,1-4H2. The van der Waals surface area contributed by atoms with Crippen molar-refractivity contribution in [2.75, 3.05) is 18.0 Å². The highest BCUT2D eigenvalue weighted by Gasteiger charge is 2.22. The van der Waals surface area contributed by atoms with Crippen molar-refractivity contribution in [2.24, 2.45) is 0 Å². The summed E-state index contributed by atoms with van der Waals surface area (Å²) in [5, 5.41) is 0.477. The molecule has 6 nitrogen and oxygen atoms in total. The van der Waals surface area contributed by atoms with Crippen LogP contribution in [0.4, 0.5) is 10.3 Å². The first kappa shape index (κ1) is 13.9. The predicted molar refractivity (Wildman–Crippen MR) is 74.9 cm³/mol. The Labute approximate surface area is 126 Å². The lowest BCUT2D eigenvalue weighted by atomic mass is 10.1. The molecule has 110 valence electrons. The third-order valence-electron chi connectivity index (χ3n) is 3.20. The van der Waals surface area contributed by atoms with E-state index in [4.69, 9.17) is 16.3 Å². The summed E-state index contributed by atoms with van der Waals surface area (Å²) in [6.45, 7) is 1.48. The molecule has 3 heterocycles. The van der Waals surface area contributed by atoms with Gasteiger partial charge >= 0.3 is 6.01 Å². The molecule has 8 heteroatoms. The number of anilines is 1. The topological polar surface area (TPSA) is 64.0 Å². The quantitative estimate of drug-likeness (QED) is 0.865. The van der Waals surface area contributed by atoms with Gasteiger partial charge in [0.15, 0.2) is 5.82 Å². The minimum atomic E-state index is -0.433. The number of ether oxygens (including phenoxy) is 1. The Balaban J connectivity index is 1.55. The van der Waals surface area contributed by atoms with Gasteiger partial charge in [0, 0.05) is 25.9 Å². The molecule has 0 spiro atoms. The highest BCUT2D eigenvalue weighted by molar-refractivity contribution is 6.30. The Bertz CT molecular complexity index is 587. The first-order valence-electron chi connectivity index (χ1n) is 6.57. The minimum Gasteiger partial charge on any atom is -0.460 e. The Morgan fingerprint density at radius 1 is 1.05 bits per heavy atom. The van der Waals surface area contributed by atoms with Crippen LogP contribution in [0.2, 0.25) is 5.02 Å². The van der Waals surface area contributed by atoms with Gasteiger partial charge in [-0.25, -0.2) is 24.3 Å². The van der Waals surface area contributed by atoms with Gasteiger partial charge in [0.25, 0.3) is 0 Å². The largest absolute Gasteiger partial charge is 0.460 e. The number of rotatable bonds is 3. The lowest BCUT2D eigenvalue weighted by Gasteiger charge is -2.31. The van der Waals surface area contributed by atoms with Gasteiger partial charge in [0.2, 0.25) is 5.95 Å². The van der Waals surface area contributed by atoms with E-state index in [2.05, 4.69) is 19.9 Å². The number of piperidine rings is 1. The van der Waals surface area contributed by atoms with Gasteiger partial charge in [-0.05, 0) is 0 Å². The molecule has 1 fully saturated rings. The number of aromatic nitrogens is 4. The summed E-state index contributed by atoms with van der Waals surface area (Å²) in [5.41, 5.74) is 0. The SMILES string of the molecule is Fc1cnc(N2CCC(Oc3ncc(Cl)cn3)CC2)nc1. The molecule has 1 saturated heterocycles. The number of hydrogen-bond acceptors (Lipinski definition) is 6. The highest BCUT2D eigenvalue weighted by Crippen LogP contribution is 2.19. The summed E-state index contributed by atoms with van der Waals surface area (Å²) in [6, 6.07) is 0.330. The second-order valence-corrected chi connectivity index (χ2v) is 5.13. The summed E-state index contributed by atoms with van der Waals surface area (Å²) in [7, 11) is 0. The van der Waals surface area contributed by atoms with Crippen LogP contribution in [0.1, 0.15) is 12.8 Å². The molecule has 0 radical (unpaired) electrons. The summed E-state index contributed by atoms with van der Waals surface area (Å²) in [6.07, 6.45) is 7.00. The fourth-order valence-corrected chi connectivity index (χ4v) is 2.25. The molecular formula is C13H13ClFN5O. The average molecular weight is 310 g/mol. The molecule has 2 aromatic heterocycles. The van der Waals surface area contributed by atoms with Gasteiger partial charge in [-0.3, -0.25) is 0 Å². The molecule has 21 heavy (non-hydrogen) atoms. The third-order valence-corrected chi connectivity index (χ3v) is 3.40. The number of halogens is 2. The third kappa shape index (κ3) is 3.55. The molecule has 0 saturated carbocycles. The van der Waals surface area contributed by atoms with E-state index in [1.54, 1.807) is 0 Å². The molecule has 0 aromatic carbocycles. The van der Waals surface area contributed by atoms with Crippen molar-refractivity contribution in [3.8, 4) is 6.01 Å². The molecule has 0 N–H and O–H groups in total. The molecule has 0 unspecified atom stereocenters. The second kappa shape index (κ2) is 6.17. The fraction of sp³-hybridized carbons (Fsp3) is 0.385. The zero-order chi connectivity index (χ0) is 14.7. The zero-order valence-electron chi connectivity index (χ0n) is 11.1. The maximum Gasteiger partial charge on any atom is 0.316 e. The molecule has 0 aliphatic carbocycles. The molecule has 3 rings (SSSR count). The van der Waals surface area contributed by atoms with Gasteiger partial charge in [-0.15, -0.1) is 0 Å². The van der Waals surface area contributed by atoms with Crippen LogP contribution in [-0.4, -0.2) is 39.1 Å². The van der Waals surface area contributed by atoms with E-state index in [-0.39, 0.29) is 6.10 Å². The van der Waals surface area contributed by atoms with Crippen LogP contribution in [0.15, 0.2) is 24.8 Å². The van der Waals surface area contributed by atoms with E-state index >= 15 is 0 Å². The Kier molecular flexibility index (Phi) is 4.10. The first-order valence-corrected chi connectivity index (χ1v) is 6.95. The van der Waals surface area contributed by atoms with E-state index in [0.717, 1.165) is 25.9 Å². The molecular weight excluding hydrogens is 297 g/mol. The van der Waals surface area contributed by atoms with Crippen molar-refractivity contribution >= 4 is 17.5 Å². The molecule has 1 aliphatic heterocycles. The van der Waals surface area contributed by atoms with E-state index < -0.39 is 5.82 Å². The molecule has 0 atom stereocenters. The van der Waals surface area contributed by atoms with Crippen LogP contribution in [0, 0.1) is 5.82 Å². The van der Waals surface area contributed by atoms with Crippen molar-refractivity contribution in [2.45, 2.75) is 18.9 Å². The van der Waals surface area contributed by atoms with Crippen LogP contribution in [0.3, 0.4) is 0 Å². The van der Waals surface area contributed by atoms with E-state index in [1.165, 1.54) is 24.8 Å². The van der Waals surface area contributed by atoms with Gasteiger partial charge in [-0.1, -0.05) is 11.6 Å². The summed E-state index contributed by atoms with van der Waals surface area (Å²) in [5.74, 6) is 0.106. The maximum atomic E-state index is 12.8. The Hall–Kier alpha value is -2.02. The lowest BCUT2D eigenvalue weighted by Crippen LogP contribution is -2.39.